The average Bonchev–Trinajstić information content (AvgIpc) is 2.54. The largest absolute Gasteiger partial charge is 0.399 e. The molecule has 0 unspecified atom stereocenters. The van der Waals surface area contributed by atoms with Crippen molar-refractivity contribution >= 4 is 47.2 Å². The zero-order chi connectivity index (χ0) is 18.6. The zero-order valence-corrected chi connectivity index (χ0v) is 16.5. The lowest BCUT2D eigenvalue weighted by Gasteiger charge is -2.11. The Morgan fingerprint density at radius 1 is 1.08 bits per heavy atom. The van der Waals surface area contributed by atoms with E-state index in [4.69, 9.17) is 17.3 Å². The summed E-state index contributed by atoms with van der Waals surface area (Å²) in [5, 5.41) is 5.87. The molecular formula is C19H23Cl2N3O2. The first kappa shape index (κ1) is 21.8. The van der Waals surface area contributed by atoms with Crippen LogP contribution in [0.4, 0.5) is 11.4 Å². The van der Waals surface area contributed by atoms with Gasteiger partial charge in [-0.15, -0.1) is 12.4 Å². The first-order valence-corrected chi connectivity index (χ1v) is 8.41. The number of nitrogen functional groups attached to an aromatic ring is 1. The van der Waals surface area contributed by atoms with E-state index in [0.717, 1.165) is 5.56 Å². The number of amides is 2. The maximum Gasteiger partial charge on any atom is 0.256 e. The van der Waals surface area contributed by atoms with Crippen LogP contribution in [0.5, 0.6) is 0 Å². The fraction of sp³-hybridized carbons (Fsp3) is 0.263. The highest BCUT2D eigenvalue weighted by molar-refractivity contribution is 6.34. The second-order valence-electron chi connectivity index (χ2n) is 6.33. The van der Waals surface area contributed by atoms with Crippen LogP contribution in [-0.4, -0.2) is 18.4 Å². The molecule has 0 aliphatic carbocycles. The number of hydrogen-bond donors (Lipinski definition) is 3. The van der Waals surface area contributed by atoms with Crippen LogP contribution in [0.2, 0.25) is 5.02 Å². The summed E-state index contributed by atoms with van der Waals surface area (Å²) < 4.78 is 0. The normalized spacial score (nSPS) is 10.2. The van der Waals surface area contributed by atoms with Gasteiger partial charge in [0.05, 0.1) is 10.6 Å². The molecule has 0 bridgehead atoms. The molecule has 140 valence electrons. The molecule has 0 aliphatic rings. The number of anilines is 2. The summed E-state index contributed by atoms with van der Waals surface area (Å²) in [4.78, 5) is 24.5. The highest BCUT2D eigenvalue weighted by Gasteiger charge is 2.14. The van der Waals surface area contributed by atoms with Gasteiger partial charge in [-0.3, -0.25) is 9.59 Å². The van der Waals surface area contributed by atoms with Crippen molar-refractivity contribution in [1.82, 2.24) is 5.32 Å². The van der Waals surface area contributed by atoms with Gasteiger partial charge in [0.1, 0.15) is 0 Å². The summed E-state index contributed by atoms with van der Waals surface area (Å²) in [6.45, 7) is 6.43. The molecule has 2 aromatic carbocycles. The highest BCUT2D eigenvalue weighted by Crippen LogP contribution is 2.22. The molecule has 0 aliphatic heterocycles. The number of aryl methyl sites for hydroxylation is 1. The second-order valence-corrected chi connectivity index (χ2v) is 6.73. The molecule has 0 spiro atoms. The smallest absolute Gasteiger partial charge is 0.256 e. The fourth-order valence-electron chi connectivity index (χ4n) is 2.25. The quantitative estimate of drug-likeness (QED) is 0.660. The van der Waals surface area contributed by atoms with E-state index in [2.05, 4.69) is 10.6 Å². The van der Waals surface area contributed by atoms with Gasteiger partial charge in [-0.1, -0.05) is 31.5 Å². The summed E-state index contributed by atoms with van der Waals surface area (Å²) >= 11 is 6.19. The van der Waals surface area contributed by atoms with Crippen molar-refractivity contribution in [2.75, 3.05) is 17.6 Å². The number of hydrogen-bond acceptors (Lipinski definition) is 3. The van der Waals surface area contributed by atoms with Gasteiger partial charge in [-0.2, -0.15) is 0 Å². The molecule has 0 saturated carbocycles. The lowest BCUT2D eigenvalue weighted by Crippen LogP contribution is -2.27. The van der Waals surface area contributed by atoms with Crippen LogP contribution in [0, 0.1) is 12.8 Å². The summed E-state index contributed by atoms with van der Waals surface area (Å²) in [5.74, 6) is -0.163. The van der Waals surface area contributed by atoms with Crippen LogP contribution < -0.4 is 16.4 Å². The molecule has 0 saturated heterocycles. The number of halogens is 2. The monoisotopic (exact) mass is 395 g/mol. The van der Waals surface area contributed by atoms with Gasteiger partial charge in [0.25, 0.3) is 11.8 Å². The first-order valence-electron chi connectivity index (χ1n) is 8.03. The van der Waals surface area contributed by atoms with Crippen molar-refractivity contribution in [3.05, 3.63) is 58.1 Å². The van der Waals surface area contributed by atoms with Crippen molar-refractivity contribution < 1.29 is 9.59 Å². The van der Waals surface area contributed by atoms with Crippen LogP contribution in [0.15, 0.2) is 36.4 Å². The Balaban J connectivity index is 0.00000338. The van der Waals surface area contributed by atoms with Crippen LogP contribution in [0.3, 0.4) is 0 Å². The van der Waals surface area contributed by atoms with Crippen molar-refractivity contribution in [3.63, 3.8) is 0 Å². The molecule has 2 aromatic rings. The van der Waals surface area contributed by atoms with E-state index in [0.29, 0.717) is 35.0 Å². The molecule has 0 heterocycles. The zero-order valence-electron chi connectivity index (χ0n) is 14.9. The van der Waals surface area contributed by atoms with E-state index in [1.807, 2.05) is 20.8 Å². The highest BCUT2D eigenvalue weighted by atomic mass is 35.5. The van der Waals surface area contributed by atoms with Gasteiger partial charge < -0.3 is 16.4 Å². The lowest BCUT2D eigenvalue weighted by molar-refractivity contribution is 0.0948. The Labute approximate surface area is 164 Å². The standard InChI is InChI=1S/C19H22ClN3O2.ClH/c1-11(2)10-22-18(24)15-7-6-14(9-17(15)20)23-19(25)16-8-13(21)5-4-12(16)3;/h4-9,11H,10,21H2,1-3H3,(H,22,24)(H,23,25);1H. The number of carbonyl (C=O) groups excluding carboxylic acids is 2. The third kappa shape index (κ3) is 5.64. The van der Waals surface area contributed by atoms with Gasteiger partial charge in [-0.25, -0.2) is 0 Å². The number of nitrogens with two attached hydrogens (primary N) is 1. The van der Waals surface area contributed by atoms with Crippen molar-refractivity contribution in [1.29, 1.82) is 0 Å². The van der Waals surface area contributed by atoms with Crippen molar-refractivity contribution in [2.45, 2.75) is 20.8 Å². The number of carbonyl (C=O) groups is 2. The predicted molar refractivity (Wildman–Crippen MR) is 109 cm³/mol. The van der Waals surface area contributed by atoms with Gasteiger partial charge in [0.2, 0.25) is 0 Å². The molecule has 7 heteroatoms. The van der Waals surface area contributed by atoms with E-state index in [1.54, 1.807) is 36.4 Å². The molecule has 5 nitrogen and oxygen atoms in total. The summed E-state index contributed by atoms with van der Waals surface area (Å²) in [6, 6.07) is 9.97. The second kappa shape index (κ2) is 9.46. The molecule has 0 aromatic heterocycles. The van der Waals surface area contributed by atoms with Crippen molar-refractivity contribution in [3.8, 4) is 0 Å². The van der Waals surface area contributed by atoms with Gasteiger partial charge >= 0.3 is 0 Å². The minimum atomic E-state index is -0.280. The first-order chi connectivity index (χ1) is 11.8. The van der Waals surface area contributed by atoms with E-state index in [-0.39, 0.29) is 29.2 Å². The lowest BCUT2D eigenvalue weighted by atomic mass is 10.1. The minimum absolute atomic E-state index is 0. The van der Waals surface area contributed by atoms with Crippen LogP contribution in [-0.2, 0) is 0 Å². The van der Waals surface area contributed by atoms with E-state index in [1.165, 1.54) is 0 Å². The maximum absolute atomic E-state index is 12.4. The molecule has 0 fully saturated rings. The SMILES string of the molecule is Cc1ccc(N)cc1C(=O)Nc1ccc(C(=O)NCC(C)C)c(Cl)c1.Cl. The third-order valence-corrected chi connectivity index (χ3v) is 3.96. The summed E-state index contributed by atoms with van der Waals surface area (Å²) in [6.07, 6.45) is 0. The Bertz CT molecular complexity index is 807. The Hall–Kier alpha value is -2.24. The molecule has 0 atom stereocenters. The average molecular weight is 396 g/mol. The number of nitrogens with one attached hydrogen (secondary N) is 2. The Morgan fingerprint density at radius 3 is 2.38 bits per heavy atom. The molecule has 2 amide bonds. The van der Waals surface area contributed by atoms with Gasteiger partial charge in [-0.05, 0) is 48.7 Å². The number of rotatable bonds is 5. The molecule has 2 rings (SSSR count). The molecular weight excluding hydrogens is 373 g/mol. The summed E-state index contributed by atoms with van der Waals surface area (Å²) in [5.41, 5.74) is 8.46. The minimum Gasteiger partial charge on any atom is -0.399 e. The third-order valence-electron chi connectivity index (χ3n) is 3.65. The van der Waals surface area contributed by atoms with Gasteiger partial charge in [0.15, 0.2) is 0 Å². The predicted octanol–water partition coefficient (Wildman–Crippen LogP) is 4.29. The van der Waals surface area contributed by atoms with Crippen LogP contribution in [0.1, 0.15) is 40.1 Å². The van der Waals surface area contributed by atoms with Gasteiger partial charge in [0, 0.05) is 23.5 Å². The van der Waals surface area contributed by atoms with E-state index < -0.39 is 0 Å². The topological polar surface area (TPSA) is 84.2 Å². The van der Waals surface area contributed by atoms with E-state index >= 15 is 0 Å². The summed E-state index contributed by atoms with van der Waals surface area (Å²) in [7, 11) is 0. The Morgan fingerprint density at radius 2 is 1.77 bits per heavy atom. The van der Waals surface area contributed by atoms with E-state index in [9.17, 15) is 9.59 Å². The fourth-order valence-corrected chi connectivity index (χ4v) is 2.52. The maximum atomic E-state index is 12.4. The molecule has 0 radical (unpaired) electrons. The van der Waals surface area contributed by atoms with Crippen LogP contribution >= 0.6 is 24.0 Å². The molecule has 4 N–H and O–H groups in total. The molecule has 26 heavy (non-hydrogen) atoms. The number of benzene rings is 2. The Kier molecular flexibility index (Phi) is 7.93. The van der Waals surface area contributed by atoms with Crippen molar-refractivity contribution in [2.24, 2.45) is 5.92 Å². The van der Waals surface area contributed by atoms with Crippen LogP contribution in [0.25, 0.3) is 0 Å².